The van der Waals surface area contributed by atoms with Crippen molar-refractivity contribution in [3.8, 4) is 5.75 Å². The molecule has 0 heterocycles. The van der Waals surface area contributed by atoms with Crippen molar-refractivity contribution in [2.45, 2.75) is 39.0 Å². The maximum absolute atomic E-state index is 12.2. The monoisotopic (exact) mass is 276 g/mol. The molecule has 20 heavy (non-hydrogen) atoms. The second kappa shape index (κ2) is 6.27. The molecule has 0 saturated heterocycles. The van der Waals surface area contributed by atoms with Gasteiger partial charge in [-0.15, -0.1) is 0 Å². The van der Waals surface area contributed by atoms with Crippen LogP contribution in [0.4, 0.5) is 0 Å². The molecule has 4 nitrogen and oxygen atoms in total. The number of hydrogen-bond donors (Lipinski definition) is 3. The number of amides is 1. The number of benzene rings is 1. The van der Waals surface area contributed by atoms with E-state index >= 15 is 0 Å². The summed E-state index contributed by atoms with van der Waals surface area (Å²) in [5, 5.41) is 12.4. The second-order valence-corrected chi connectivity index (χ2v) is 5.95. The van der Waals surface area contributed by atoms with Gasteiger partial charge in [0, 0.05) is 12.1 Å². The standard InChI is InChI=1S/C16H24N2O2/c1-12-9-13(19)5-6-14(12)15(20)18-11-16(10-17)7-3-2-4-8-16/h5-6,9,19H,2-4,7-8,10-11,17H2,1H3,(H,18,20). The predicted molar refractivity (Wildman–Crippen MR) is 79.7 cm³/mol. The van der Waals surface area contributed by atoms with E-state index in [4.69, 9.17) is 5.73 Å². The summed E-state index contributed by atoms with van der Waals surface area (Å²) in [5.41, 5.74) is 7.40. The zero-order chi connectivity index (χ0) is 14.6. The van der Waals surface area contributed by atoms with Crippen molar-refractivity contribution in [2.24, 2.45) is 11.1 Å². The number of hydrogen-bond acceptors (Lipinski definition) is 3. The molecule has 1 aromatic rings. The van der Waals surface area contributed by atoms with Crippen LogP contribution in [0.15, 0.2) is 18.2 Å². The van der Waals surface area contributed by atoms with Crippen LogP contribution >= 0.6 is 0 Å². The van der Waals surface area contributed by atoms with Crippen LogP contribution in [-0.4, -0.2) is 24.1 Å². The molecule has 1 fully saturated rings. The Morgan fingerprint density at radius 3 is 2.65 bits per heavy atom. The fraction of sp³-hybridized carbons (Fsp3) is 0.562. The number of phenolic OH excluding ortho intramolecular Hbond substituents is 1. The van der Waals surface area contributed by atoms with Crippen LogP contribution in [0.25, 0.3) is 0 Å². The summed E-state index contributed by atoms with van der Waals surface area (Å²) in [6.07, 6.45) is 5.86. The Hall–Kier alpha value is -1.55. The smallest absolute Gasteiger partial charge is 0.251 e. The van der Waals surface area contributed by atoms with Gasteiger partial charge in [0.25, 0.3) is 5.91 Å². The molecule has 1 aromatic carbocycles. The maximum atomic E-state index is 12.2. The normalized spacial score (nSPS) is 17.7. The number of aryl methyl sites for hydroxylation is 1. The number of rotatable bonds is 4. The zero-order valence-corrected chi connectivity index (χ0v) is 12.1. The molecule has 0 unspecified atom stereocenters. The lowest BCUT2D eigenvalue weighted by atomic mass is 9.74. The Morgan fingerprint density at radius 2 is 2.05 bits per heavy atom. The average Bonchev–Trinajstić information content (AvgIpc) is 2.46. The third-order valence-corrected chi connectivity index (χ3v) is 4.43. The molecule has 4 N–H and O–H groups in total. The Morgan fingerprint density at radius 1 is 1.35 bits per heavy atom. The molecule has 1 amide bonds. The SMILES string of the molecule is Cc1cc(O)ccc1C(=O)NCC1(CN)CCCCC1. The van der Waals surface area contributed by atoms with E-state index in [1.54, 1.807) is 18.2 Å². The Kier molecular flexibility index (Phi) is 4.65. The van der Waals surface area contributed by atoms with Crippen molar-refractivity contribution in [2.75, 3.05) is 13.1 Å². The number of nitrogens with one attached hydrogen (secondary N) is 1. The molecule has 0 bridgehead atoms. The lowest BCUT2D eigenvalue weighted by molar-refractivity contribution is 0.0913. The van der Waals surface area contributed by atoms with E-state index in [0.29, 0.717) is 18.7 Å². The molecule has 0 spiro atoms. The van der Waals surface area contributed by atoms with Crippen molar-refractivity contribution < 1.29 is 9.90 Å². The molecule has 0 radical (unpaired) electrons. The van der Waals surface area contributed by atoms with Gasteiger partial charge in [0.05, 0.1) is 0 Å². The molecule has 2 rings (SSSR count). The van der Waals surface area contributed by atoms with Crippen LogP contribution in [0.1, 0.15) is 48.0 Å². The van der Waals surface area contributed by atoms with Crippen LogP contribution in [0.3, 0.4) is 0 Å². The molecule has 110 valence electrons. The third kappa shape index (κ3) is 3.31. The summed E-state index contributed by atoms with van der Waals surface area (Å²) < 4.78 is 0. The van der Waals surface area contributed by atoms with Crippen LogP contribution in [0.2, 0.25) is 0 Å². The molecule has 4 heteroatoms. The van der Waals surface area contributed by atoms with E-state index in [2.05, 4.69) is 5.32 Å². The number of nitrogens with two attached hydrogens (primary N) is 1. The molecular weight excluding hydrogens is 252 g/mol. The highest BCUT2D eigenvalue weighted by Crippen LogP contribution is 2.34. The van der Waals surface area contributed by atoms with E-state index in [0.717, 1.165) is 18.4 Å². The molecular formula is C16H24N2O2. The first-order valence-electron chi connectivity index (χ1n) is 7.34. The Bertz CT molecular complexity index is 479. The molecule has 1 saturated carbocycles. The molecule has 0 aromatic heterocycles. The molecule has 0 aliphatic heterocycles. The first-order valence-corrected chi connectivity index (χ1v) is 7.34. The molecule has 1 aliphatic rings. The largest absolute Gasteiger partial charge is 0.508 e. The fourth-order valence-corrected chi connectivity index (χ4v) is 3.02. The molecule has 0 atom stereocenters. The highest BCUT2D eigenvalue weighted by Gasteiger charge is 2.31. The Balaban J connectivity index is 2.00. The summed E-state index contributed by atoms with van der Waals surface area (Å²) in [7, 11) is 0. The van der Waals surface area contributed by atoms with Gasteiger partial charge in [0.15, 0.2) is 0 Å². The number of carbonyl (C=O) groups is 1. The van der Waals surface area contributed by atoms with Gasteiger partial charge in [-0.05, 0) is 55.5 Å². The summed E-state index contributed by atoms with van der Waals surface area (Å²) in [6.45, 7) is 3.10. The van der Waals surface area contributed by atoms with Gasteiger partial charge in [-0.2, -0.15) is 0 Å². The van der Waals surface area contributed by atoms with Crippen molar-refractivity contribution in [3.05, 3.63) is 29.3 Å². The lowest BCUT2D eigenvalue weighted by Crippen LogP contribution is -2.43. The van der Waals surface area contributed by atoms with Gasteiger partial charge in [-0.25, -0.2) is 0 Å². The lowest BCUT2D eigenvalue weighted by Gasteiger charge is -2.36. The predicted octanol–water partition coefficient (Wildman–Crippen LogP) is 2.34. The molecule has 1 aliphatic carbocycles. The average molecular weight is 276 g/mol. The van der Waals surface area contributed by atoms with E-state index < -0.39 is 0 Å². The van der Waals surface area contributed by atoms with Gasteiger partial charge in [0.2, 0.25) is 0 Å². The van der Waals surface area contributed by atoms with Crippen molar-refractivity contribution in [1.82, 2.24) is 5.32 Å². The van der Waals surface area contributed by atoms with Crippen molar-refractivity contribution in [1.29, 1.82) is 0 Å². The summed E-state index contributed by atoms with van der Waals surface area (Å²) in [4.78, 5) is 12.2. The quantitative estimate of drug-likeness (QED) is 0.790. The minimum Gasteiger partial charge on any atom is -0.508 e. The summed E-state index contributed by atoms with van der Waals surface area (Å²) in [5.74, 6) is 0.102. The van der Waals surface area contributed by atoms with Crippen molar-refractivity contribution in [3.63, 3.8) is 0 Å². The first kappa shape index (κ1) is 14.9. The summed E-state index contributed by atoms with van der Waals surface area (Å²) >= 11 is 0. The van der Waals surface area contributed by atoms with Crippen LogP contribution in [0, 0.1) is 12.3 Å². The van der Waals surface area contributed by atoms with Gasteiger partial charge >= 0.3 is 0 Å². The highest BCUT2D eigenvalue weighted by molar-refractivity contribution is 5.95. The Labute approximate surface area is 120 Å². The second-order valence-electron chi connectivity index (χ2n) is 5.95. The van der Waals surface area contributed by atoms with Crippen LogP contribution in [-0.2, 0) is 0 Å². The third-order valence-electron chi connectivity index (χ3n) is 4.43. The van der Waals surface area contributed by atoms with Crippen molar-refractivity contribution >= 4 is 5.91 Å². The van der Waals surface area contributed by atoms with E-state index in [9.17, 15) is 9.90 Å². The minimum absolute atomic E-state index is 0.0682. The van der Waals surface area contributed by atoms with Gasteiger partial charge in [-0.1, -0.05) is 19.3 Å². The number of carbonyl (C=O) groups excluding carboxylic acids is 1. The number of aromatic hydroxyl groups is 1. The summed E-state index contributed by atoms with van der Waals surface area (Å²) in [6, 6.07) is 4.81. The fourth-order valence-electron chi connectivity index (χ4n) is 3.02. The highest BCUT2D eigenvalue weighted by atomic mass is 16.3. The minimum atomic E-state index is -0.0825. The van der Waals surface area contributed by atoms with Gasteiger partial charge in [-0.3, -0.25) is 4.79 Å². The van der Waals surface area contributed by atoms with E-state index in [-0.39, 0.29) is 17.1 Å². The topological polar surface area (TPSA) is 75.3 Å². The van der Waals surface area contributed by atoms with Crippen LogP contribution < -0.4 is 11.1 Å². The van der Waals surface area contributed by atoms with Crippen LogP contribution in [0.5, 0.6) is 5.75 Å². The van der Waals surface area contributed by atoms with Gasteiger partial charge in [0.1, 0.15) is 5.75 Å². The van der Waals surface area contributed by atoms with Gasteiger partial charge < -0.3 is 16.2 Å². The van der Waals surface area contributed by atoms with E-state index in [1.165, 1.54) is 19.3 Å². The van der Waals surface area contributed by atoms with E-state index in [1.807, 2.05) is 6.92 Å². The first-order chi connectivity index (χ1) is 9.56. The zero-order valence-electron chi connectivity index (χ0n) is 12.1. The maximum Gasteiger partial charge on any atom is 0.251 e. The number of phenols is 1.